The lowest BCUT2D eigenvalue weighted by Crippen LogP contribution is -2.06. The standard InChI is InChI=1S/C11H10N2O4S/c14-7(4-8(15)11(16)17)10-6(5-12-13-10)9-2-1-3-18-9/h1,3-5,9,15H,2H2,(H,12,13)(H,16,17). The molecule has 1 aromatic heterocycles. The van der Waals surface area contributed by atoms with Crippen LogP contribution in [0.25, 0.3) is 0 Å². The maximum Gasteiger partial charge on any atom is 0.371 e. The fourth-order valence-electron chi connectivity index (χ4n) is 1.58. The van der Waals surface area contributed by atoms with Gasteiger partial charge in [-0.3, -0.25) is 9.89 Å². The predicted molar refractivity (Wildman–Crippen MR) is 65.4 cm³/mol. The first-order valence-corrected chi connectivity index (χ1v) is 6.06. The van der Waals surface area contributed by atoms with Gasteiger partial charge in [-0.25, -0.2) is 4.79 Å². The molecule has 0 spiro atoms. The number of hydrogen-bond donors (Lipinski definition) is 3. The molecular weight excluding hydrogens is 256 g/mol. The van der Waals surface area contributed by atoms with Crippen molar-refractivity contribution >= 4 is 23.5 Å². The zero-order valence-electron chi connectivity index (χ0n) is 9.16. The summed E-state index contributed by atoms with van der Waals surface area (Å²) in [5, 5.41) is 26.0. The molecule has 3 N–H and O–H groups in total. The number of nitrogens with zero attached hydrogens (tertiary/aromatic N) is 1. The van der Waals surface area contributed by atoms with Crippen LogP contribution >= 0.6 is 11.8 Å². The van der Waals surface area contributed by atoms with E-state index in [-0.39, 0.29) is 10.9 Å². The average molecular weight is 266 g/mol. The van der Waals surface area contributed by atoms with Crippen molar-refractivity contribution in [1.82, 2.24) is 10.2 Å². The Labute approximate surface area is 106 Å². The number of carboxylic acid groups (broad SMARTS) is 1. The van der Waals surface area contributed by atoms with Crippen LogP contribution in [0.2, 0.25) is 0 Å². The Morgan fingerprint density at radius 3 is 2.89 bits per heavy atom. The molecule has 1 unspecified atom stereocenters. The molecule has 0 saturated heterocycles. The van der Waals surface area contributed by atoms with Crippen LogP contribution in [0.15, 0.2) is 29.5 Å². The number of H-pyrrole nitrogens is 1. The summed E-state index contributed by atoms with van der Waals surface area (Å²) in [6.07, 6.45) is 5.05. The number of nitrogens with one attached hydrogen (secondary N) is 1. The Kier molecular flexibility index (Phi) is 3.52. The highest BCUT2D eigenvalue weighted by Gasteiger charge is 2.23. The summed E-state index contributed by atoms with van der Waals surface area (Å²) in [7, 11) is 0. The van der Waals surface area contributed by atoms with E-state index >= 15 is 0 Å². The van der Waals surface area contributed by atoms with Gasteiger partial charge in [0.2, 0.25) is 11.5 Å². The first-order valence-electron chi connectivity index (χ1n) is 5.12. The van der Waals surface area contributed by atoms with E-state index in [1.54, 1.807) is 18.0 Å². The zero-order chi connectivity index (χ0) is 13.1. The second-order valence-corrected chi connectivity index (χ2v) is 4.73. The number of thioether (sulfide) groups is 1. The van der Waals surface area contributed by atoms with Crippen LogP contribution in [-0.4, -0.2) is 32.2 Å². The number of hydrogen-bond acceptors (Lipinski definition) is 5. The molecule has 1 aliphatic heterocycles. The number of aromatic nitrogens is 2. The number of ketones is 1. The van der Waals surface area contributed by atoms with E-state index in [4.69, 9.17) is 10.2 Å². The summed E-state index contributed by atoms with van der Waals surface area (Å²) in [6, 6.07) is 0. The summed E-state index contributed by atoms with van der Waals surface area (Å²) in [6.45, 7) is 0. The average Bonchev–Trinajstić information content (AvgIpc) is 2.99. The molecule has 0 bridgehead atoms. The largest absolute Gasteiger partial charge is 0.502 e. The fraction of sp³-hybridized carbons (Fsp3) is 0.182. The molecule has 0 radical (unpaired) electrons. The van der Waals surface area contributed by atoms with Crippen molar-refractivity contribution in [3.05, 3.63) is 40.8 Å². The number of rotatable bonds is 4. The van der Waals surface area contributed by atoms with Gasteiger partial charge in [0.1, 0.15) is 5.69 Å². The molecule has 1 aliphatic rings. The van der Waals surface area contributed by atoms with E-state index in [0.29, 0.717) is 11.6 Å². The molecule has 94 valence electrons. The van der Waals surface area contributed by atoms with Gasteiger partial charge in [-0.1, -0.05) is 6.08 Å². The first-order chi connectivity index (χ1) is 8.59. The Bertz CT molecular complexity index is 539. The Morgan fingerprint density at radius 2 is 2.28 bits per heavy atom. The number of aromatic amines is 1. The third kappa shape index (κ3) is 2.45. The SMILES string of the molecule is O=C(O)C(O)=CC(=O)c1n[nH]cc1C1CC=CS1. The smallest absolute Gasteiger partial charge is 0.371 e. The van der Waals surface area contributed by atoms with Crippen molar-refractivity contribution < 1.29 is 19.8 Å². The molecule has 1 atom stereocenters. The summed E-state index contributed by atoms with van der Waals surface area (Å²) >= 11 is 1.56. The van der Waals surface area contributed by atoms with Crippen LogP contribution in [-0.2, 0) is 4.79 Å². The van der Waals surface area contributed by atoms with Crippen LogP contribution < -0.4 is 0 Å². The Balaban J connectivity index is 2.24. The third-order valence-electron chi connectivity index (χ3n) is 2.43. The molecule has 1 aromatic rings. The van der Waals surface area contributed by atoms with E-state index < -0.39 is 17.5 Å². The normalized spacial score (nSPS) is 19.1. The van der Waals surface area contributed by atoms with Gasteiger partial charge in [-0.2, -0.15) is 5.10 Å². The number of carbonyl (C=O) groups is 2. The fourth-order valence-corrected chi connectivity index (χ4v) is 2.54. The van der Waals surface area contributed by atoms with E-state index in [1.165, 1.54) is 0 Å². The lowest BCUT2D eigenvalue weighted by atomic mass is 10.1. The molecule has 0 amide bonds. The van der Waals surface area contributed by atoms with Gasteiger partial charge in [-0.05, 0) is 11.8 Å². The molecule has 2 rings (SSSR count). The van der Waals surface area contributed by atoms with Crippen LogP contribution in [0.1, 0.15) is 27.7 Å². The summed E-state index contributed by atoms with van der Waals surface area (Å²) in [5.41, 5.74) is 0.855. The summed E-state index contributed by atoms with van der Waals surface area (Å²) in [5.74, 6) is -3.16. The van der Waals surface area contributed by atoms with Crippen molar-refractivity contribution in [1.29, 1.82) is 0 Å². The number of carboxylic acids is 1. The van der Waals surface area contributed by atoms with Gasteiger partial charge in [0.05, 0.1) is 0 Å². The van der Waals surface area contributed by atoms with Crippen LogP contribution in [0.3, 0.4) is 0 Å². The predicted octanol–water partition coefficient (Wildman–Crippen LogP) is 1.81. The Morgan fingerprint density at radius 1 is 1.50 bits per heavy atom. The number of aliphatic carboxylic acids is 1. The second kappa shape index (κ2) is 5.09. The lowest BCUT2D eigenvalue weighted by molar-refractivity contribution is -0.135. The Hall–Kier alpha value is -2.02. The monoisotopic (exact) mass is 266 g/mol. The van der Waals surface area contributed by atoms with E-state index in [2.05, 4.69) is 10.2 Å². The van der Waals surface area contributed by atoms with Gasteiger partial charge < -0.3 is 10.2 Å². The summed E-state index contributed by atoms with van der Waals surface area (Å²) in [4.78, 5) is 22.2. The van der Waals surface area contributed by atoms with Gasteiger partial charge in [-0.15, -0.1) is 11.8 Å². The minimum Gasteiger partial charge on any atom is -0.502 e. The van der Waals surface area contributed by atoms with Crippen molar-refractivity contribution in [2.24, 2.45) is 0 Å². The highest BCUT2D eigenvalue weighted by atomic mass is 32.2. The van der Waals surface area contributed by atoms with Crippen molar-refractivity contribution in [3.63, 3.8) is 0 Å². The lowest BCUT2D eigenvalue weighted by Gasteiger charge is -2.06. The number of carbonyl (C=O) groups excluding carboxylic acids is 1. The van der Waals surface area contributed by atoms with Crippen molar-refractivity contribution in [3.8, 4) is 0 Å². The zero-order valence-corrected chi connectivity index (χ0v) is 9.98. The molecule has 6 nitrogen and oxygen atoms in total. The quantitative estimate of drug-likeness (QED) is 0.436. The molecule has 18 heavy (non-hydrogen) atoms. The summed E-state index contributed by atoms with van der Waals surface area (Å²) < 4.78 is 0. The van der Waals surface area contributed by atoms with Crippen molar-refractivity contribution in [2.45, 2.75) is 11.7 Å². The maximum atomic E-state index is 11.8. The van der Waals surface area contributed by atoms with Gasteiger partial charge in [0, 0.05) is 23.1 Å². The molecule has 0 aliphatic carbocycles. The van der Waals surface area contributed by atoms with E-state index in [0.717, 1.165) is 6.42 Å². The first kappa shape index (κ1) is 12.4. The van der Waals surface area contributed by atoms with Crippen molar-refractivity contribution in [2.75, 3.05) is 0 Å². The highest BCUT2D eigenvalue weighted by Crippen LogP contribution is 2.39. The number of allylic oxidation sites excluding steroid dienone is 2. The molecule has 0 fully saturated rings. The topological polar surface area (TPSA) is 103 Å². The molecule has 0 aromatic carbocycles. The minimum absolute atomic E-state index is 0.100. The van der Waals surface area contributed by atoms with Crippen LogP contribution in [0.4, 0.5) is 0 Å². The molecule has 7 heteroatoms. The van der Waals surface area contributed by atoms with Gasteiger partial charge >= 0.3 is 5.97 Å². The highest BCUT2D eigenvalue weighted by molar-refractivity contribution is 8.02. The van der Waals surface area contributed by atoms with Crippen LogP contribution in [0, 0.1) is 0 Å². The number of aliphatic hydroxyl groups excluding tert-OH is 1. The third-order valence-corrected chi connectivity index (χ3v) is 3.55. The van der Waals surface area contributed by atoms with E-state index in [1.807, 2.05) is 11.5 Å². The molecular formula is C11H10N2O4S. The maximum absolute atomic E-state index is 11.8. The second-order valence-electron chi connectivity index (χ2n) is 3.62. The molecule has 2 heterocycles. The van der Waals surface area contributed by atoms with Crippen LogP contribution in [0.5, 0.6) is 0 Å². The minimum atomic E-state index is -1.54. The number of aliphatic hydroxyl groups is 1. The van der Waals surface area contributed by atoms with Gasteiger partial charge in [0.15, 0.2) is 0 Å². The van der Waals surface area contributed by atoms with E-state index in [9.17, 15) is 9.59 Å². The molecule has 0 saturated carbocycles. The van der Waals surface area contributed by atoms with Gasteiger partial charge in [0.25, 0.3) is 0 Å².